The van der Waals surface area contributed by atoms with Crippen LogP contribution < -0.4 is 4.74 Å². The summed E-state index contributed by atoms with van der Waals surface area (Å²) >= 11 is 0. The highest BCUT2D eigenvalue weighted by Gasteiger charge is 2.12. The lowest BCUT2D eigenvalue weighted by atomic mass is 10.0. The summed E-state index contributed by atoms with van der Waals surface area (Å²) in [5.74, 6) is -0.812. The molecule has 0 amide bonds. The maximum absolute atomic E-state index is 11.1. The Morgan fingerprint density at radius 1 is 0.815 bits per heavy atom. The molecule has 0 radical (unpaired) electrons. The molecule has 0 bridgehead atoms. The maximum atomic E-state index is 11.1. The number of hydrogen-bond donors (Lipinski definition) is 2. The normalized spacial score (nSPS) is 10.9. The maximum Gasteiger partial charge on any atom is 0.339 e. The zero-order chi connectivity index (χ0) is 19.7. The summed E-state index contributed by atoms with van der Waals surface area (Å²) in [6.45, 7) is 2.78. The summed E-state index contributed by atoms with van der Waals surface area (Å²) in [5, 5.41) is 18.5. The van der Waals surface area contributed by atoms with Gasteiger partial charge in [-0.25, -0.2) is 4.79 Å². The van der Waals surface area contributed by atoms with Crippen molar-refractivity contribution in [1.29, 1.82) is 0 Å². The van der Waals surface area contributed by atoms with E-state index in [-0.39, 0.29) is 11.3 Å². The predicted molar refractivity (Wildman–Crippen MR) is 111 cm³/mol. The fourth-order valence-corrected chi connectivity index (χ4v) is 3.29. The van der Waals surface area contributed by atoms with Crippen LogP contribution in [0.25, 0.3) is 0 Å². The Kier molecular flexibility index (Phi) is 13.3. The van der Waals surface area contributed by atoms with E-state index in [1.807, 2.05) is 0 Å². The van der Waals surface area contributed by atoms with Crippen LogP contribution >= 0.6 is 0 Å². The van der Waals surface area contributed by atoms with Gasteiger partial charge in [-0.3, -0.25) is 0 Å². The molecule has 0 atom stereocenters. The van der Waals surface area contributed by atoms with Crippen LogP contribution in [0.5, 0.6) is 11.5 Å². The molecule has 0 aliphatic heterocycles. The number of aromatic hydroxyl groups is 1. The third-order valence-electron chi connectivity index (χ3n) is 4.95. The summed E-state index contributed by atoms with van der Waals surface area (Å²) in [4.78, 5) is 11.1. The Bertz CT molecular complexity index is 513. The molecule has 0 saturated carbocycles. The Balaban J connectivity index is 1.93. The first-order valence-corrected chi connectivity index (χ1v) is 10.8. The van der Waals surface area contributed by atoms with Crippen LogP contribution in [0.2, 0.25) is 0 Å². The largest absolute Gasteiger partial charge is 0.508 e. The van der Waals surface area contributed by atoms with Crippen molar-refractivity contribution < 1.29 is 19.7 Å². The minimum Gasteiger partial charge on any atom is -0.508 e. The number of carbonyl (C=O) groups is 1. The van der Waals surface area contributed by atoms with Gasteiger partial charge in [0.15, 0.2) is 0 Å². The summed E-state index contributed by atoms with van der Waals surface area (Å²) in [6.07, 6.45) is 18.3. The molecule has 27 heavy (non-hydrogen) atoms. The van der Waals surface area contributed by atoms with Gasteiger partial charge in [-0.2, -0.15) is 0 Å². The van der Waals surface area contributed by atoms with E-state index in [1.165, 1.54) is 95.2 Å². The van der Waals surface area contributed by atoms with Gasteiger partial charge < -0.3 is 14.9 Å². The third kappa shape index (κ3) is 11.6. The Hall–Kier alpha value is -1.71. The topological polar surface area (TPSA) is 66.8 Å². The quantitative estimate of drug-likeness (QED) is 0.288. The minimum atomic E-state index is -1.08. The van der Waals surface area contributed by atoms with Crippen LogP contribution in [-0.4, -0.2) is 22.8 Å². The van der Waals surface area contributed by atoms with Crippen LogP contribution in [0.1, 0.15) is 107 Å². The second-order valence-electron chi connectivity index (χ2n) is 7.43. The summed E-state index contributed by atoms with van der Waals surface area (Å²) in [7, 11) is 0. The minimum absolute atomic E-state index is 0.0142. The number of aromatic carboxylic acids is 1. The van der Waals surface area contributed by atoms with Crippen molar-refractivity contribution >= 4 is 5.97 Å². The molecule has 4 heteroatoms. The van der Waals surface area contributed by atoms with Crippen LogP contribution in [0.15, 0.2) is 18.2 Å². The average Bonchev–Trinajstić information content (AvgIpc) is 2.65. The molecule has 0 aliphatic carbocycles. The molecular weight excluding hydrogens is 340 g/mol. The zero-order valence-corrected chi connectivity index (χ0v) is 17.0. The molecule has 1 aromatic rings. The molecule has 0 spiro atoms. The van der Waals surface area contributed by atoms with E-state index < -0.39 is 5.97 Å². The number of benzene rings is 1. The van der Waals surface area contributed by atoms with E-state index in [0.29, 0.717) is 12.4 Å². The van der Waals surface area contributed by atoms with Gasteiger partial charge in [0.1, 0.15) is 17.1 Å². The van der Waals surface area contributed by atoms with Crippen molar-refractivity contribution in [2.24, 2.45) is 0 Å². The standard InChI is InChI=1S/C23H38O4/c1-2-3-4-5-6-7-8-9-10-11-12-13-14-15-18-27-22-17-16-20(24)19-21(22)23(25)26/h16-17,19,24H,2-15,18H2,1H3,(H,25,26). The van der Waals surface area contributed by atoms with Gasteiger partial charge in [-0.15, -0.1) is 0 Å². The second kappa shape index (κ2) is 15.4. The molecule has 0 heterocycles. The number of unbranched alkanes of at least 4 members (excludes halogenated alkanes) is 13. The highest BCUT2D eigenvalue weighted by atomic mass is 16.5. The van der Waals surface area contributed by atoms with Gasteiger partial charge in [-0.1, -0.05) is 90.4 Å². The smallest absolute Gasteiger partial charge is 0.339 e. The molecule has 0 fully saturated rings. The van der Waals surface area contributed by atoms with Crippen LogP contribution in [0.4, 0.5) is 0 Å². The Labute approximate surface area is 164 Å². The number of carboxylic acids is 1. The van der Waals surface area contributed by atoms with E-state index in [9.17, 15) is 9.90 Å². The highest BCUT2D eigenvalue weighted by molar-refractivity contribution is 5.91. The lowest BCUT2D eigenvalue weighted by molar-refractivity contribution is 0.0691. The van der Waals surface area contributed by atoms with Crippen LogP contribution in [0, 0.1) is 0 Å². The van der Waals surface area contributed by atoms with Crippen molar-refractivity contribution in [1.82, 2.24) is 0 Å². The zero-order valence-electron chi connectivity index (χ0n) is 17.0. The lowest BCUT2D eigenvalue weighted by Gasteiger charge is -2.09. The molecule has 0 aliphatic rings. The van der Waals surface area contributed by atoms with E-state index >= 15 is 0 Å². The number of hydrogen-bond acceptors (Lipinski definition) is 3. The van der Waals surface area contributed by atoms with E-state index in [4.69, 9.17) is 9.84 Å². The molecule has 2 N–H and O–H groups in total. The van der Waals surface area contributed by atoms with Crippen LogP contribution in [-0.2, 0) is 0 Å². The summed E-state index contributed by atoms with van der Waals surface area (Å²) < 4.78 is 5.57. The van der Waals surface area contributed by atoms with E-state index in [2.05, 4.69) is 6.92 Å². The molecule has 1 rings (SSSR count). The van der Waals surface area contributed by atoms with Crippen molar-refractivity contribution in [3.05, 3.63) is 23.8 Å². The molecule has 0 unspecified atom stereocenters. The van der Waals surface area contributed by atoms with Gasteiger partial charge in [0, 0.05) is 0 Å². The average molecular weight is 379 g/mol. The van der Waals surface area contributed by atoms with Crippen molar-refractivity contribution in [3.8, 4) is 11.5 Å². The Morgan fingerprint density at radius 2 is 1.30 bits per heavy atom. The van der Waals surface area contributed by atoms with Gasteiger partial charge in [0.2, 0.25) is 0 Å². The highest BCUT2D eigenvalue weighted by Crippen LogP contribution is 2.24. The van der Waals surface area contributed by atoms with Gasteiger partial charge in [0.25, 0.3) is 0 Å². The number of carboxylic acid groups (broad SMARTS) is 1. The lowest BCUT2D eigenvalue weighted by Crippen LogP contribution is -2.04. The first kappa shape index (κ1) is 23.3. The fraction of sp³-hybridized carbons (Fsp3) is 0.696. The Morgan fingerprint density at radius 3 is 1.78 bits per heavy atom. The van der Waals surface area contributed by atoms with Crippen molar-refractivity contribution in [2.75, 3.05) is 6.61 Å². The molecule has 0 saturated heterocycles. The number of ether oxygens (including phenoxy) is 1. The molecule has 1 aromatic carbocycles. The van der Waals surface area contributed by atoms with Gasteiger partial charge in [-0.05, 0) is 24.6 Å². The SMILES string of the molecule is CCCCCCCCCCCCCCCCOc1ccc(O)cc1C(=O)O. The molecule has 4 nitrogen and oxygen atoms in total. The van der Waals surface area contributed by atoms with Gasteiger partial charge in [0.05, 0.1) is 6.61 Å². The molecule has 0 aromatic heterocycles. The summed E-state index contributed by atoms with van der Waals surface area (Å²) in [6, 6.07) is 4.19. The van der Waals surface area contributed by atoms with Gasteiger partial charge >= 0.3 is 5.97 Å². The third-order valence-corrected chi connectivity index (χ3v) is 4.95. The second-order valence-corrected chi connectivity index (χ2v) is 7.43. The van der Waals surface area contributed by atoms with Crippen molar-refractivity contribution in [2.45, 2.75) is 96.8 Å². The number of phenols is 1. The summed E-state index contributed by atoms with van der Waals surface area (Å²) in [5.41, 5.74) is 0.0142. The van der Waals surface area contributed by atoms with Crippen molar-refractivity contribution in [3.63, 3.8) is 0 Å². The number of rotatable bonds is 17. The molecule has 154 valence electrons. The predicted octanol–water partition coefficient (Wildman–Crippen LogP) is 6.95. The first-order chi connectivity index (χ1) is 13.1. The first-order valence-electron chi connectivity index (χ1n) is 10.8. The van der Waals surface area contributed by atoms with E-state index in [1.54, 1.807) is 0 Å². The fourth-order valence-electron chi connectivity index (χ4n) is 3.29. The van der Waals surface area contributed by atoms with Crippen LogP contribution in [0.3, 0.4) is 0 Å². The monoisotopic (exact) mass is 378 g/mol. The molecular formula is C23H38O4. The number of phenolic OH excluding ortho intramolecular Hbond substituents is 1. The van der Waals surface area contributed by atoms with E-state index in [0.717, 1.165) is 12.8 Å².